The van der Waals surface area contributed by atoms with Gasteiger partial charge in [0.2, 0.25) is 0 Å². The topological polar surface area (TPSA) is 32.7 Å². The van der Waals surface area contributed by atoms with Gasteiger partial charge in [0.05, 0.1) is 18.8 Å². The highest BCUT2D eigenvalue weighted by Crippen LogP contribution is 2.44. The van der Waals surface area contributed by atoms with Gasteiger partial charge in [0.25, 0.3) is 0 Å². The highest BCUT2D eigenvalue weighted by Gasteiger charge is 2.43. The lowest BCUT2D eigenvalue weighted by molar-refractivity contribution is -0.0961. The lowest BCUT2D eigenvalue weighted by atomic mass is 9.67. The number of aliphatic hydroxyl groups is 1. The summed E-state index contributed by atoms with van der Waals surface area (Å²) in [5, 5.41) is 12.6. The maximum atomic E-state index is 11.9. The molecule has 3 rings (SSSR count). The van der Waals surface area contributed by atoms with E-state index in [4.69, 9.17) is 16.3 Å². The highest BCUT2D eigenvalue weighted by molar-refractivity contribution is 6.30. The number of halogens is 1. The van der Waals surface area contributed by atoms with Crippen molar-refractivity contribution in [3.63, 3.8) is 0 Å². The average molecular weight is 352 g/mol. The summed E-state index contributed by atoms with van der Waals surface area (Å²) in [6.45, 7) is 6.65. The molecule has 1 N–H and O–H groups in total. The molecule has 1 aliphatic heterocycles. The standard InChI is InChI=1S/C20H30ClNO2/c1-16(15-22-11-13-24-14-12-22)20(23,17-5-3-2-4-6-17)18-7-9-19(21)10-8-18/h7-10,16-17,23H,2-6,11-15H2,1H3/t16-,20-/m1/s1. The van der Waals surface area contributed by atoms with Crippen molar-refractivity contribution in [3.8, 4) is 0 Å². The zero-order chi connectivity index (χ0) is 17.0. The molecule has 1 aromatic rings. The van der Waals surface area contributed by atoms with Crippen molar-refractivity contribution in [2.75, 3.05) is 32.8 Å². The van der Waals surface area contributed by atoms with Crippen molar-refractivity contribution in [2.24, 2.45) is 11.8 Å². The minimum atomic E-state index is -0.774. The summed E-state index contributed by atoms with van der Waals surface area (Å²) >= 11 is 6.08. The number of hydrogen-bond acceptors (Lipinski definition) is 3. The average Bonchev–Trinajstić information content (AvgIpc) is 2.63. The number of rotatable bonds is 5. The maximum absolute atomic E-state index is 11.9. The van der Waals surface area contributed by atoms with Crippen molar-refractivity contribution in [3.05, 3.63) is 34.9 Å². The number of benzene rings is 1. The fraction of sp³-hybridized carbons (Fsp3) is 0.700. The Morgan fingerprint density at radius 2 is 1.79 bits per heavy atom. The molecule has 134 valence electrons. The van der Waals surface area contributed by atoms with E-state index in [1.807, 2.05) is 24.3 Å². The van der Waals surface area contributed by atoms with E-state index in [1.54, 1.807) is 0 Å². The van der Waals surface area contributed by atoms with Crippen molar-refractivity contribution in [1.82, 2.24) is 4.90 Å². The minimum absolute atomic E-state index is 0.180. The molecule has 1 heterocycles. The Hall–Kier alpha value is -0.610. The molecule has 2 atom stereocenters. The number of nitrogens with zero attached hydrogens (tertiary/aromatic N) is 1. The molecule has 0 amide bonds. The molecule has 3 nitrogen and oxygen atoms in total. The van der Waals surface area contributed by atoms with E-state index in [0.29, 0.717) is 5.92 Å². The lowest BCUT2D eigenvalue weighted by Crippen LogP contribution is -2.48. The maximum Gasteiger partial charge on any atom is 0.0962 e. The van der Waals surface area contributed by atoms with E-state index in [2.05, 4.69) is 11.8 Å². The van der Waals surface area contributed by atoms with Gasteiger partial charge < -0.3 is 9.84 Å². The van der Waals surface area contributed by atoms with Crippen molar-refractivity contribution in [1.29, 1.82) is 0 Å². The summed E-state index contributed by atoms with van der Waals surface area (Å²) in [4.78, 5) is 2.43. The number of hydrogen-bond donors (Lipinski definition) is 1. The third-order valence-electron chi connectivity index (χ3n) is 5.92. The van der Waals surface area contributed by atoms with Crippen LogP contribution >= 0.6 is 11.6 Å². The van der Waals surface area contributed by atoms with Gasteiger partial charge in [-0.15, -0.1) is 0 Å². The Balaban J connectivity index is 1.83. The van der Waals surface area contributed by atoms with Crippen LogP contribution in [0.2, 0.25) is 5.02 Å². The van der Waals surface area contributed by atoms with Gasteiger partial charge in [0, 0.05) is 30.6 Å². The molecule has 4 heteroatoms. The quantitative estimate of drug-likeness (QED) is 0.867. The first kappa shape index (κ1) is 18.2. The van der Waals surface area contributed by atoms with E-state index in [0.717, 1.165) is 56.3 Å². The van der Waals surface area contributed by atoms with Crippen molar-refractivity contribution in [2.45, 2.75) is 44.6 Å². The van der Waals surface area contributed by atoms with E-state index >= 15 is 0 Å². The van der Waals surface area contributed by atoms with Gasteiger partial charge in [-0.25, -0.2) is 0 Å². The molecule has 0 radical (unpaired) electrons. The molecule has 0 unspecified atom stereocenters. The highest BCUT2D eigenvalue weighted by atomic mass is 35.5. The van der Waals surface area contributed by atoms with Gasteiger partial charge in [-0.3, -0.25) is 4.90 Å². The second-order valence-corrected chi connectivity index (χ2v) is 7.92. The Kier molecular flexibility index (Phi) is 6.20. The molecule has 0 bridgehead atoms. The van der Waals surface area contributed by atoms with Gasteiger partial charge >= 0.3 is 0 Å². The Bertz CT molecular complexity index is 509. The molecule has 1 saturated carbocycles. The predicted molar refractivity (Wildman–Crippen MR) is 98.3 cm³/mol. The Morgan fingerprint density at radius 3 is 2.42 bits per heavy atom. The van der Waals surface area contributed by atoms with Crippen LogP contribution in [0.1, 0.15) is 44.6 Å². The first-order valence-corrected chi connectivity index (χ1v) is 9.77. The lowest BCUT2D eigenvalue weighted by Gasteiger charge is -2.45. The summed E-state index contributed by atoms with van der Waals surface area (Å²) < 4.78 is 5.46. The minimum Gasteiger partial charge on any atom is -0.385 e. The second-order valence-electron chi connectivity index (χ2n) is 7.48. The van der Waals surface area contributed by atoms with Crippen LogP contribution in [0.3, 0.4) is 0 Å². The molecule has 0 aromatic heterocycles. The summed E-state index contributed by atoms with van der Waals surface area (Å²) in [5.74, 6) is 0.517. The number of ether oxygens (including phenoxy) is 1. The van der Waals surface area contributed by atoms with Gasteiger partial charge in [-0.05, 0) is 36.5 Å². The smallest absolute Gasteiger partial charge is 0.0962 e. The molecule has 0 spiro atoms. The Labute approximate surface area is 150 Å². The van der Waals surface area contributed by atoms with Gasteiger partial charge in [-0.2, -0.15) is 0 Å². The van der Waals surface area contributed by atoms with Crippen LogP contribution in [-0.2, 0) is 10.3 Å². The molecule has 1 saturated heterocycles. The van der Waals surface area contributed by atoms with E-state index in [1.165, 1.54) is 19.3 Å². The monoisotopic (exact) mass is 351 g/mol. The first-order valence-electron chi connectivity index (χ1n) is 9.39. The zero-order valence-corrected chi connectivity index (χ0v) is 15.5. The van der Waals surface area contributed by atoms with Gasteiger partial charge in [-0.1, -0.05) is 49.9 Å². The van der Waals surface area contributed by atoms with Crippen LogP contribution in [-0.4, -0.2) is 42.9 Å². The van der Waals surface area contributed by atoms with Gasteiger partial charge in [0.15, 0.2) is 0 Å². The molecule has 2 aliphatic rings. The summed E-state index contributed by atoms with van der Waals surface area (Å²) in [5.41, 5.74) is 0.253. The van der Waals surface area contributed by atoms with Crippen LogP contribution < -0.4 is 0 Å². The summed E-state index contributed by atoms with van der Waals surface area (Å²) in [7, 11) is 0. The third-order valence-corrected chi connectivity index (χ3v) is 6.17. The van der Waals surface area contributed by atoms with Crippen LogP contribution in [0, 0.1) is 11.8 Å². The van der Waals surface area contributed by atoms with E-state index < -0.39 is 5.60 Å². The molecule has 2 fully saturated rings. The molecule has 24 heavy (non-hydrogen) atoms. The molecular weight excluding hydrogens is 322 g/mol. The second kappa shape index (κ2) is 8.18. The fourth-order valence-electron chi connectivity index (χ4n) is 4.49. The molecule has 1 aliphatic carbocycles. The number of morpholine rings is 1. The first-order chi connectivity index (χ1) is 11.6. The largest absolute Gasteiger partial charge is 0.385 e. The summed E-state index contributed by atoms with van der Waals surface area (Å²) in [6, 6.07) is 7.86. The Morgan fingerprint density at radius 1 is 1.17 bits per heavy atom. The van der Waals surface area contributed by atoms with Crippen LogP contribution in [0.5, 0.6) is 0 Å². The van der Waals surface area contributed by atoms with Crippen molar-refractivity contribution >= 4 is 11.6 Å². The van der Waals surface area contributed by atoms with Gasteiger partial charge in [0.1, 0.15) is 0 Å². The zero-order valence-electron chi connectivity index (χ0n) is 14.7. The predicted octanol–water partition coefficient (Wildman–Crippen LogP) is 4.08. The third kappa shape index (κ3) is 3.96. The molecular formula is C20H30ClNO2. The van der Waals surface area contributed by atoms with Crippen LogP contribution in [0.25, 0.3) is 0 Å². The fourth-order valence-corrected chi connectivity index (χ4v) is 4.62. The van der Waals surface area contributed by atoms with Crippen molar-refractivity contribution < 1.29 is 9.84 Å². The van der Waals surface area contributed by atoms with Crippen LogP contribution in [0.4, 0.5) is 0 Å². The van der Waals surface area contributed by atoms with Crippen LogP contribution in [0.15, 0.2) is 24.3 Å². The molecule has 1 aromatic carbocycles. The SMILES string of the molecule is C[C@H](CN1CCOCC1)[C@](O)(c1ccc(Cl)cc1)C1CCCCC1. The van der Waals surface area contributed by atoms with E-state index in [9.17, 15) is 5.11 Å². The summed E-state index contributed by atoms with van der Waals surface area (Å²) in [6.07, 6.45) is 5.99. The normalized spacial score (nSPS) is 24.5. The van der Waals surface area contributed by atoms with E-state index in [-0.39, 0.29) is 5.92 Å².